The number of carbonyl (C=O) groups excluding carboxylic acids is 1. The Bertz CT molecular complexity index is 123. The molecule has 0 aliphatic rings. The van der Waals surface area contributed by atoms with Crippen molar-refractivity contribution in [3.05, 3.63) is 12.7 Å². The van der Waals surface area contributed by atoms with Crippen molar-refractivity contribution in [1.29, 1.82) is 0 Å². The van der Waals surface area contributed by atoms with Gasteiger partial charge in [0, 0.05) is 12.0 Å². The van der Waals surface area contributed by atoms with Crippen LogP contribution in [0.3, 0.4) is 0 Å². The lowest BCUT2D eigenvalue weighted by atomic mass is 10.2. The lowest BCUT2D eigenvalue weighted by Crippen LogP contribution is -2.12. The third kappa shape index (κ3) is 3.69. The van der Waals surface area contributed by atoms with Crippen LogP contribution in [0.25, 0.3) is 0 Å². The number of hydrogen-bond acceptors (Lipinski definition) is 3. The van der Waals surface area contributed by atoms with Crippen molar-refractivity contribution < 1.29 is 8.98 Å². The van der Waals surface area contributed by atoms with Crippen molar-refractivity contribution in [2.75, 3.05) is 7.11 Å². The first-order chi connectivity index (χ1) is 4.72. The molecule has 1 unspecified atom stereocenters. The molecule has 0 bridgehead atoms. The van der Waals surface area contributed by atoms with Crippen LogP contribution in [0.1, 0.15) is 13.3 Å². The highest BCUT2D eigenvalue weighted by atomic mass is 32.2. The van der Waals surface area contributed by atoms with E-state index in [1.165, 1.54) is 12.0 Å². The van der Waals surface area contributed by atoms with E-state index in [2.05, 4.69) is 6.58 Å². The van der Waals surface area contributed by atoms with Gasteiger partial charge in [-0.2, -0.15) is 0 Å². The minimum Gasteiger partial charge on any atom is -0.318 e. The Hall–Kier alpha value is -0.280. The molecule has 0 aromatic carbocycles. The summed E-state index contributed by atoms with van der Waals surface area (Å²) in [6.07, 6.45) is 2.39. The average molecular weight is 160 g/mol. The van der Waals surface area contributed by atoms with E-state index < -0.39 is 0 Å². The van der Waals surface area contributed by atoms with E-state index in [4.69, 9.17) is 4.18 Å². The normalized spacial score (nSPS) is 12.6. The Morgan fingerprint density at radius 3 is 2.80 bits per heavy atom. The number of hydrogen-bond donors (Lipinski definition) is 0. The van der Waals surface area contributed by atoms with Crippen molar-refractivity contribution >= 4 is 17.8 Å². The van der Waals surface area contributed by atoms with Crippen LogP contribution < -0.4 is 0 Å². The zero-order valence-electron chi connectivity index (χ0n) is 6.29. The van der Waals surface area contributed by atoms with Gasteiger partial charge in [0.25, 0.3) is 0 Å². The van der Waals surface area contributed by atoms with Gasteiger partial charge in [0.15, 0.2) is 0 Å². The molecule has 0 aromatic heterocycles. The minimum absolute atomic E-state index is 0.0810. The van der Waals surface area contributed by atoms with Crippen molar-refractivity contribution in [2.45, 2.75) is 18.6 Å². The maximum Gasteiger partial charge on any atom is 0.145 e. The first-order valence-corrected chi connectivity index (χ1v) is 3.83. The smallest absolute Gasteiger partial charge is 0.145 e. The van der Waals surface area contributed by atoms with Gasteiger partial charge in [0.05, 0.1) is 12.4 Å². The van der Waals surface area contributed by atoms with Crippen LogP contribution >= 0.6 is 12.0 Å². The summed E-state index contributed by atoms with van der Waals surface area (Å²) in [4.78, 5) is 10.8. The lowest BCUT2D eigenvalue weighted by molar-refractivity contribution is -0.116. The lowest BCUT2D eigenvalue weighted by Gasteiger charge is -2.06. The zero-order chi connectivity index (χ0) is 7.98. The third-order valence-electron chi connectivity index (χ3n) is 1.05. The van der Waals surface area contributed by atoms with Crippen LogP contribution in [-0.4, -0.2) is 18.1 Å². The van der Waals surface area contributed by atoms with E-state index in [1.54, 1.807) is 20.1 Å². The van der Waals surface area contributed by atoms with E-state index in [9.17, 15) is 4.79 Å². The predicted octanol–water partition coefficient (Wildman–Crippen LogP) is 1.81. The largest absolute Gasteiger partial charge is 0.318 e. The molecule has 0 fully saturated rings. The summed E-state index contributed by atoms with van der Waals surface area (Å²) >= 11 is 1.19. The van der Waals surface area contributed by atoms with Crippen LogP contribution in [0.15, 0.2) is 12.7 Å². The average Bonchev–Trinajstić information content (AvgIpc) is 1.87. The molecule has 0 N–H and O–H groups in total. The third-order valence-corrected chi connectivity index (χ3v) is 2.00. The van der Waals surface area contributed by atoms with E-state index in [1.807, 2.05) is 0 Å². The summed E-state index contributed by atoms with van der Waals surface area (Å²) in [6, 6.07) is 0. The molecule has 0 aliphatic heterocycles. The fraction of sp³-hybridized carbons (Fsp3) is 0.571. The predicted molar refractivity (Wildman–Crippen MR) is 43.9 cm³/mol. The second-order valence-corrected chi connectivity index (χ2v) is 2.98. The number of carbonyl (C=O) groups is 1. The second-order valence-electron chi connectivity index (χ2n) is 1.89. The molecule has 0 aliphatic carbocycles. The van der Waals surface area contributed by atoms with Gasteiger partial charge in [-0.15, -0.1) is 6.58 Å². The van der Waals surface area contributed by atoms with Gasteiger partial charge >= 0.3 is 0 Å². The first kappa shape index (κ1) is 9.72. The molecule has 58 valence electrons. The highest BCUT2D eigenvalue weighted by Crippen LogP contribution is 2.15. The molecule has 1 atom stereocenters. The number of rotatable bonds is 5. The maximum absolute atomic E-state index is 10.8. The number of ketones is 1. The standard InChI is InChI=1S/C7H12O2S/c1-4-5-7(6(2)8)10-9-3/h4,7H,1,5H2,2-3H3. The van der Waals surface area contributed by atoms with E-state index in [-0.39, 0.29) is 11.0 Å². The summed E-state index contributed by atoms with van der Waals surface area (Å²) in [6.45, 7) is 5.10. The van der Waals surface area contributed by atoms with Gasteiger partial charge in [0.1, 0.15) is 5.78 Å². The molecule has 0 saturated heterocycles. The summed E-state index contributed by atoms with van der Waals surface area (Å²) in [7, 11) is 1.56. The number of Topliss-reactive ketones (excluding diaryl/α,β-unsaturated/α-hetero) is 1. The summed E-state index contributed by atoms with van der Waals surface area (Å²) in [5.74, 6) is 0.131. The Balaban J connectivity index is 3.71. The molecule has 2 nitrogen and oxygen atoms in total. The van der Waals surface area contributed by atoms with Gasteiger partial charge in [-0.3, -0.25) is 4.79 Å². The molecule has 0 rings (SSSR count). The van der Waals surface area contributed by atoms with Gasteiger partial charge in [-0.1, -0.05) is 6.08 Å². The molecular formula is C7H12O2S. The molecule has 0 spiro atoms. The molecule has 0 aromatic rings. The van der Waals surface area contributed by atoms with E-state index in [0.717, 1.165) is 0 Å². The van der Waals surface area contributed by atoms with Gasteiger partial charge in [-0.05, 0) is 13.3 Å². The van der Waals surface area contributed by atoms with Crippen LogP contribution in [0.5, 0.6) is 0 Å². The van der Waals surface area contributed by atoms with Gasteiger partial charge in [0.2, 0.25) is 0 Å². The van der Waals surface area contributed by atoms with Crippen LogP contribution in [-0.2, 0) is 8.98 Å². The fourth-order valence-corrected chi connectivity index (χ4v) is 1.12. The van der Waals surface area contributed by atoms with Crippen molar-refractivity contribution in [3.63, 3.8) is 0 Å². The monoisotopic (exact) mass is 160 g/mol. The van der Waals surface area contributed by atoms with Crippen LogP contribution in [0.4, 0.5) is 0 Å². The Morgan fingerprint density at radius 2 is 2.50 bits per heavy atom. The molecule has 10 heavy (non-hydrogen) atoms. The Kier molecular flexibility index (Phi) is 5.35. The minimum atomic E-state index is -0.0810. The molecular weight excluding hydrogens is 148 g/mol. The quantitative estimate of drug-likeness (QED) is 0.453. The summed E-state index contributed by atoms with van der Waals surface area (Å²) in [5, 5.41) is -0.0810. The highest BCUT2D eigenvalue weighted by Gasteiger charge is 2.12. The molecule has 0 saturated carbocycles. The van der Waals surface area contributed by atoms with E-state index >= 15 is 0 Å². The summed E-state index contributed by atoms with van der Waals surface area (Å²) < 4.78 is 4.77. The molecule has 0 amide bonds. The van der Waals surface area contributed by atoms with Crippen molar-refractivity contribution in [3.8, 4) is 0 Å². The van der Waals surface area contributed by atoms with Crippen molar-refractivity contribution in [2.24, 2.45) is 0 Å². The van der Waals surface area contributed by atoms with E-state index in [0.29, 0.717) is 6.42 Å². The maximum atomic E-state index is 10.8. The zero-order valence-corrected chi connectivity index (χ0v) is 7.11. The van der Waals surface area contributed by atoms with Crippen LogP contribution in [0, 0.1) is 0 Å². The Morgan fingerprint density at radius 1 is 1.90 bits per heavy atom. The second kappa shape index (κ2) is 5.50. The number of allylic oxidation sites excluding steroid dienone is 1. The van der Waals surface area contributed by atoms with Crippen LogP contribution in [0.2, 0.25) is 0 Å². The van der Waals surface area contributed by atoms with Gasteiger partial charge < -0.3 is 4.18 Å². The van der Waals surface area contributed by atoms with Crippen molar-refractivity contribution in [1.82, 2.24) is 0 Å². The fourth-order valence-electron chi connectivity index (χ4n) is 0.541. The summed E-state index contributed by atoms with van der Waals surface area (Å²) in [5.41, 5.74) is 0. The molecule has 3 heteroatoms. The topological polar surface area (TPSA) is 26.3 Å². The van der Waals surface area contributed by atoms with Gasteiger partial charge in [-0.25, -0.2) is 0 Å². The first-order valence-electron chi connectivity index (χ1n) is 3.03. The Labute approximate surface area is 65.8 Å². The molecule has 0 radical (unpaired) electrons. The highest BCUT2D eigenvalue weighted by molar-refractivity contribution is 7.96. The molecule has 0 heterocycles. The SMILES string of the molecule is C=CCC(SOC)C(C)=O.